The highest BCUT2D eigenvalue weighted by atomic mass is 79.9. The predicted molar refractivity (Wildman–Crippen MR) is 64.7 cm³/mol. The molecule has 0 spiro atoms. The highest BCUT2D eigenvalue weighted by Crippen LogP contribution is 2.18. The molecule has 1 aromatic heterocycles. The molecule has 0 fully saturated rings. The van der Waals surface area contributed by atoms with Gasteiger partial charge in [0, 0.05) is 16.4 Å². The number of aromatic nitrogens is 1. The first kappa shape index (κ1) is 12.5. The fourth-order valence-corrected chi connectivity index (χ4v) is 2.12. The minimum atomic E-state index is -0.345. The molecular weight excluding hydrogens is 278 g/mol. The van der Waals surface area contributed by atoms with E-state index in [4.69, 9.17) is 5.73 Å². The molecule has 0 saturated heterocycles. The van der Waals surface area contributed by atoms with Gasteiger partial charge in [-0.15, -0.1) is 11.8 Å². The van der Waals surface area contributed by atoms with E-state index in [0.717, 1.165) is 9.50 Å². The van der Waals surface area contributed by atoms with Crippen LogP contribution >= 0.6 is 27.7 Å². The second kappa shape index (κ2) is 6.09. The van der Waals surface area contributed by atoms with Gasteiger partial charge in [0.15, 0.2) is 0 Å². The summed E-state index contributed by atoms with van der Waals surface area (Å²) in [5.74, 6) is 0.239. The van der Waals surface area contributed by atoms with E-state index in [2.05, 4.69) is 26.2 Å². The molecule has 0 aliphatic heterocycles. The number of likely N-dealkylation sites (N-methyl/N-ethyl adjacent to an activating group) is 1. The van der Waals surface area contributed by atoms with E-state index in [-0.39, 0.29) is 11.9 Å². The monoisotopic (exact) mass is 289 g/mol. The Morgan fingerprint density at radius 3 is 2.93 bits per heavy atom. The van der Waals surface area contributed by atoms with Gasteiger partial charge in [0.2, 0.25) is 5.91 Å². The third-order valence-electron chi connectivity index (χ3n) is 1.79. The highest BCUT2D eigenvalue weighted by Gasteiger charge is 2.12. The number of pyridine rings is 1. The SMILES string of the molecule is CNC(CSc1ccc(Br)cn1)C(N)=O. The van der Waals surface area contributed by atoms with Crippen molar-refractivity contribution in [3.63, 3.8) is 0 Å². The molecule has 1 unspecified atom stereocenters. The number of primary amides is 1. The molecule has 1 atom stereocenters. The topological polar surface area (TPSA) is 68.0 Å². The minimum absolute atomic E-state index is 0.319. The number of nitrogens with one attached hydrogen (secondary N) is 1. The number of amides is 1. The smallest absolute Gasteiger partial charge is 0.235 e. The van der Waals surface area contributed by atoms with Crippen molar-refractivity contribution in [2.24, 2.45) is 5.73 Å². The second-order valence-electron chi connectivity index (χ2n) is 2.87. The summed E-state index contributed by atoms with van der Waals surface area (Å²) in [6.07, 6.45) is 1.72. The average Bonchev–Trinajstić information content (AvgIpc) is 2.21. The van der Waals surface area contributed by atoms with Crippen LogP contribution in [0.3, 0.4) is 0 Å². The van der Waals surface area contributed by atoms with Gasteiger partial charge in [-0.2, -0.15) is 0 Å². The Kier molecular flexibility index (Phi) is 5.07. The Morgan fingerprint density at radius 2 is 2.47 bits per heavy atom. The molecule has 1 amide bonds. The molecule has 0 bridgehead atoms. The summed E-state index contributed by atoms with van der Waals surface area (Å²) < 4.78 is 0.937. The van der Waals surface area contributed by atoms with Crippen LogP contribution in [0.2, 0.25) is 0 Å². The summed E-state index contributed by atoms with van der Waals surface area (Å²) in [4.78, 5) is 15.1. The number of carbonyl (C=O) groups excluding carboxylic acids is 1. The van der Waals surface area contributed by atoms with Crippen LogP contribution in [0.25, 0.3) is 0 Å². The first-order valence-electron chi connectivity index (χ1n) is 4.34. The molecule has 1 rings (SSSR count). The lowest BCUT2D eigenvalue weighted by Gasteiger charge is -2.10. The number of hydrogen-bond acceptors (Lipinski definition) is 4. The zero-order valence-corrected chi connectivity index (χ0v) is 10.6. The van der Waals surface area contributed by atoms with Crippen LogP contribution in [0.5, 0.6) is 0 Å². The lowest BCUT2D eigenvalue weighted by molar-refractivity contribution is -0.119. The maximum Gasteiger partial charge on any atom is 0.235 e. The van der Waals surface area contributed by atoms with Crippen LogP contribution in [0, 0.1) is 0 Å². The van der Waals surface area contributed by atoms with Crippen LogP contribution in [-0.4, -0.2) is 29.7 Å². The number of thioether (sulfide) groups is 1. The predicted octanol–water partition coefficient (Wildman–Crippen LogP) is 1.01. The zero-order chi connectivity index (χ0) is 11.3. The van der Waals surface area contributed by atoms with Gasteiger partial charge in [-0.25, -0.2) is 4.98 Å². The number of rotatable bonds is 5. The van der Waals surface area contributed by atoms with E-state index in [1.165, 1.54) is 11.8 Å². The van der Waals surface area contributed by atoms with Crippen molar-refractivity contribution in [3.8, 4) is 0 Å². The van der Waals surface area contributed by atoms with Crippen molar-refractivity contribution in [1.82, 2.24) is 10.3 Å². The maximum atomic E-state index is 10.9. The molecule has 15 heavy (non-hydrogen) atoms. The van der Waals surface area contributed by atoms with Gasteiger partial charge in [0.05, 0.1) is 11.1 Å². The highest BCUT2D eigenvalue weighted by molar-refractivity contribution is 9.10. The summed E-state index contributed by atoms with van der Waals surface area (Å²) in [6, 6.07) is 3.48. The number of carbonyl (C=O) groups is 1. The van der Waals surface area contributed by atoms with Gasteiger partial charge in [-0.05, 0) is 35.1 Å². The number of halogens is 1. The normalized spacial score (nSPS) is 12.4. The van der Waals surface area contributed by atoms with Gasteiger partial charge < -0.3 is 11.1 Å². The first-order chi connectivity index (χ1) is 7.13. The van der Waals surface area contributed by atoms with E-state index in [1.807, 2.05) is 12.1 Å². The number of nitrogens with zero attached hydrogens (tertiary/aromatic N) is 1. The molecule has 0 saturated carbocycles. The molecule has 4 nitrogen and oxygen atoms in total. The largest absolute Gasteiger partial charge is 0.368 e. The van der Waals surface area contributed by atoms with E-state index in [1.54, 1.807) is 13.2 Å². The van der Waals surface area contributed by atoms with E-state index < -0.39 is 0 Å². The lowest BCUT2D eigenvalue weighted by atomic mass is 10.3. The molecule has 82 valence electrons. The molecule has 3 N–H and O–H groups in total. The van der Waals surface area contributed by atoms with Crippen molar-refractivity contribution >= 4 is 33.6 Å². The van der Waals surface area contributed by atoms with Gasteiger partial charge in [-0.3, -0.25) is 4.79 Å². The molecule has 6 heteroatoms. The summed E-state index contributed by atoms with van der Waals surface area (Å²) in [5, 5.41) is 3.73. The van der Waals surface area contributed by atoms with Crippen LogP contribution in [0.4, 0.5) is 0 Å². The minimum Gasteiger partial charge on any atom is -0.368 e. The Bertz CT molecular complexity index is 331. The lowest BCUT2D eigenvalue weighted by Crippen LogP contribution is -2.41. The molecular formula is C9H12BrN3OS. The standard InChI is InChI=1S/C9H12BrN3OS/c1-12-7(9(11)14)5-15-8-3-2-6(10)4-13-8/h2-4,7,12H,5H2,1H3,(H2,11,14). The third-order valence-corrected chi connectivity index (χ3v) is 3.30. The summed E-state index contributed by atoms with van der Waals surface area (Å²) in [5.41, 5.74) is 5.19. The Hall–Kier alpha value is -0.590. The number of nitrogens with two attached hydrogens (primary N) is 1. The fourth-order valence-electron chi connectivity index (χ4n) is 0.924. The zero-order valence-electron chi connectivity index (χ0n) is 8.24. The fraction of sp³-hybridized carbons (Fsp3) is 0.333. The molecule has 0 radical (unpaired) electrons. The molecule has 0 aliphatic rings. The quantitative estimate of drug-likeness (QED) is 0.794. The van der Waals surface area contributed by atoms with E-state index in [9.17, 15) is 4.79 Å². The molecule has 0 aliphatic carbocycles. The Morgan fingerprint density at radius 1 is 1.73 bits per heavy atom. The molecule has 0 aromatic carbocycles. The van der Waals surface area contributed by atoms with E-state index >= 15 is 0 Å². The summed E-state index contributed by atoms with van der Waals surface area (Å²) in [7, 11) is 1.71. The van der Waals surface area contributed by atoms with Gasteiger partial charge in [0.1, 0.15) is 0 Å². The molecule has 1 aromatic rings. The van der Waals surface area contributed by atoms with Gasteiger partial charge >= 0.3 is 0 Å². The van der Waals surface area contributed by atoms with Crippen molar-refractivity contribution in [3.05, 3.63) is 22.8 Å². The summed E-state index contributed by atoms with van der Waals surface area (Å²) in [6.45, 7) is 0. The second-order valence-corrected chi connectivity index (χ2v) is 4.83. The van der Waals surface area contributed by atoms with Crippen LogP contribution in [-0.2, 0) is 4.79 Å². The Labute approximate surface area is 101 Å². The van der Waals surface area contributed by atoms with E-state index in [0.29, 0.717) is 5.75 Å². The maximum absolute atomic E-state index is 10.9. The Balaban J connectivity index is 2.49. The average molecular weight is 290 g/mol. The molecule has 1 heterocycles. The third kappa shape index (κ3) is 4.19. The summed E-state index contributed by atoms with van der Waals surface area (Å²) >= 11 is 4.80. The van der Waals surface area contributed by atoms with Crippen molar-refractivity contribution in [2.45, 2.75) is 11.1 Å². The van der Waals surface area contributed by atoms with Crippen molar-refractivity contribution < 1.29 is 4.79 Å². The first-order valence-corrected chi connectivity index (χ1v) is 6.12. The van der Waals surface area contributed by atoms with Gasteiger partial charge in [0.25, 0.3) is 0 Å². The van der Waals surface area contributed by atoms with Crippen LogP contribution in [0.1, 0.15) is 0 Å². The van der Waals surface area contributed by atoms with Gasteiger partial charge in [-0.1, -0.05) is 0 Å². The number of hydrogen-bond donors (Lipinski definition) is 2. The van der Waals surface area contributed by atoms with Crippen molar-refractivity contribution in [1.29, 1.82) is 0 Å². The van der Waals surface area contributed by atoms with Crippen LogP contribution in [0.15, 0.2) is 27.8 Å². The van der Waals surface area contributed by atoms with Crippen molar-refractivity contribution in [2.75, 3.05) is 12.8 Å². The van der Waals surface area contributed by atoms with Crippen LogP contribution < -0.4 is 11.1 Å².